The van der Waals surface area contributed by atoms with Crippen molar-refractivity contribution in [3.63, 3.8) is 0 Å². The van der Waals surface area contributed by atoms with Crippen LogP contribution in [0, 0.1) is 17.8 Å². The number of fused-ring (bicyclic) bond motifs is 1. The first-order valence-electron chi connectivity index (χ1n) is 10.6. The molecule has 1 heterocycles. The highest BCUT2D eigenvalue weighted by Gasteiger charge is 2.62. The summed E-state index contributed by atoms with van der Waals surface area (Å²) >= 11 is 4.83. The molecule has 2 amide bonds. The molecule has 4 unspecified atom stereocenters. The zero-order chi connectivity index (χ0) is 19.4. The highest BCUT2D eigenvalue weighted by atomic mass is 32.1. The third-order valence-corrected chi connectivity index (χ3v) is 7.59. The molecule has 3 saturated carbocycles. The summed E-state index contributed by atoms with van der Waals surface area (Å²) in [6.07, 6.45) is 7.33. The van der Waals surface area contributed by atoms with Crippen molar-refractivity contribution in [3.8, 4) is 0 Å². The molecule has 0 aromatic carbocycles. The van der Waals surface area contributed by atoms with Crippen LogP contribution in [0.4, 0.5) is 4.79 Å². The molecule has 4 fully saturated rings. The minimum Gasteiger partial charge on any atom is -0.444 e. The van der Waals surface area contributed by atoms with Crippen LogP contribution in [0.5, 0.6) is 0 Å². The Balaban J connectivity index is 1.62. The highest BCUT2D eigenvalue weighted by Crippen LogP contribution is 2.62. The first-order valence-corrected chi connectivity index (χ1v) is 11.2. The van der Waals surface area contributed by atoms with E-state index in [1.165, 1.54) is 12.8 Å². The Kier molecular flexibility index (Phi) is 4.93. The molecule has 0 aromatic heterocycles. The van der Waals surface area contributed by atoms with Gasteiger partial charge in [-0.1, -0.05) is 0 Å². The van der Waals surface area contributed by atoms with Crippen molar-refractivity contribution in [3.05, 3.63) is 0 Å². The predicted octanol–water partition coefficient (Wildman–Crippen LogP) is 3.72. The number of thiol groups is 1. The molecule has 27 heavy (non-hydrogen) atoms. The van der Waals surface area contributed by atoms with Crippen molar-refractivity contribution in [2.24, 2.45) is 17.8 Å². The molecule has 5 nitrogen and oxygen atoms in total. The molecule has 4 aliphatic rings. The molecule has 152 valence electrons. The molecule has 4 rings (SSSR count). The van der Waals surface area contributed by atoms with Gasteiger partial charge in [0.15, 0.2) is 0 Å². The second-order valence-electron chi connectivity index (χ2n) is 10.3. The van der Waals surface area contributed by atoms with Crippen LogP contribution >= 0.6 is 12.6 Å². The molecule has 2 bridgehead atoms. The quantitative estimate of drug-likeness (QED) is 0.742. The van der Waals surface area contributed by atoms with Gasteiger partial charge >= 0.3 is 6.09 Å². The van der Waals surface area contributed by atoms with Crippen molar-refractivity contribution in [2.45, 2.75) is 82.1 Å². The standard InChI is InChI=1S/C21H34N2O3S/c1-20(2,3)26-19(25)23(13-18(24)22-6-4-5-7-22)21-11-14-8-15(17(21)9-14)10-16(27)12-21/h14-17,27H,4-13H2,1-3H3/t14?,15?,16-,17?,21?/m1/s1. The SMILES string of the molecule is CC(C)(C)OC(=O)N(CC(=O)N1CCCC1)C12CC3CC(C[C@@H](S)C1)C2C3. The molecular formula is C21H34N2O3S. The number of hydrogen-bond donors (Lipinski definition) is 1. The molecule has 5 atom stereocenters. The molecule has 1 aliphatic heterocycles. The Morgan fingerprint density at radius 1 is 1.15 bits per heavy atom. The molecule has 0 spiro atoms. The Bertz CT molecular complexity index is 613. The van der Waals surface area contributed by atoms with Crippen LogP contribution in [-0.4, -0.2) is 57.8 Å². The predicted molar refractivity (Wildman–Crippen MR) is 108 cm³/mol. The van der Waals surface area contributed by atoms with Gasteiger partial charge in [0.05, 0.1) is 5.54 Å². The van der Waals surface area contributed by atoms with Gasteiger partial charge in [-0.25, -0.2) is 4.79 Å². The fourth-order valence-corrected chi connectivity index (χ4v) is 6.98. The number of ether oxygens (including phenoxy) is 1. The Morgan fingerprint density at radius 2 is 1.85 bits per heavy atom. The van der Waals surface area contributed by atoms with Crippen molar-refractivity contribution in [2.75, 3.05) is 19.6 Å². The van der Waals surface area contributed by atoms with E-state index >= 15 is 0 Å². The number of amides is 2. The van der Waals surface area contributed by atoms with Crippen LogP contribution in [-0.2, 0) is 9.53 Å². The maximum Gasteiger partial charge on any atom is 0.411 e. The van der Waals surface area contributed by atoms with Gasteiger partial charge < -0.3 is 9.64 Å². The van der Waals surface area contributed by atoms with Gasteiger partial charge in [0.1, 0.15) is 12.1 Å². The minimum atomic E-state index is -0.561. The van der Waals surface area contributed by atoms with E-state index in [2.05, 4.69) is 0 Å². The molecular weight excluding hydrogens is 360 g/mol. The molecule has 0 N–H and O–H groups in total. The summed E-state index contributed by atoms with van der Waals surface area (Å²) in [5, 5.41) is 0.303. The van der Waals surface area contributed by atoms with Crippen molar-refractivity contribution in [1.29, 1.82) is 0 Å². The van der Waals surface area contributed by atoms with Gasteiger partial charge in [0.25, 0.3) is 0 Å². The lowest BCUT2D eigenvalue weighted by atomic mass is 9.65. The molecule has 3 aliphatic carbocycles. The smallest absolute Gasteiger partial charge is 0.411 e. The Labute approximate surface area is 168 Å². The summed E-state index contributed by atoms with van der Waals surface area (Å²) in [7, 11) is 0. The largest absolute Gasteiger partial charge is 0.444 e. The van der Waals surface area contributed by atoms with E-state index in [4.69, 9.17) is 17.4 Å². The average Bonchev–Trinajstić information content (AvgIpc) is 3.25. The zero-order valence-corrected chi connectivity index (χ0v) is 17.8. The van der Waals surface area contributed by atoms with E-state index in [1.807, 2.05) is 30.6 Å². The number of carbonyl (C=O) groups is 2. The number of hydrogen-bond acceptors (Lipinski definition) is 4. The van der Waals surface area contributed by atoms with Gasteiger partial charge in [-0.3, -0.25) is 9.69 Å². The van der Waals surface area contributed by atoms with Crippen LogP contribution in [0.1, 0.15) is 65.7 Å². The molecule has 0 aromatic rings. The van der Waals surface area contributed by atoms with Crippen LogP contribution in [0.25, 0.3) is 0 Å². The zero-order valence-electron chi connectivity index (χ0n) is 16.9. The highest BCUT2D eigenvalue weighted by molar-refractivity contribution is 7.80. The van der Waals surface area contributed by atoms with E-state index < -0.39 is 5.60 Å². The van der Waals surface area contributed by atoms with Crippen LogP contribution < -0.4 is 0 Å². The third kappa shape index (κ3) is 3.58. The fraction of sp³-hybridized carbons (Fsp3) is 0.905. The molecule has 0 radical (unpaired) electrons. The third-order valence-electron chi connectivity index (χ3n) is 7.19. The summed E-state index contributed by atoms with van der Waals surface area (Å²) in [5.41, 5.74) is -0.801. The number of nitrogens with zero attached hydrogens (tertiary/aromatic N) is 2. The van der Waals surface area contributed by atoms with Crippen molar-refractivity contribution in [1.82, 2.24) is 9.80 Å². The van der Waals surface area contributed by atoms with E-state index in [0.717, 1.165) is 45.2 Å². The minimum absolute atomic E-state index is 0.0772. The number of carbonyl (C=O) groups excluding carboxylic acids is 2. The summed E-state index contributed by atoms with van der Waals surface area (Å²) < 4.78 is 5.80. The summed E-state index contributed by atoms with van der Waals surface area (Å²) in [4.78, 5) is 30.0. The van der Waals surface area contributed by atoms with E-state index in [0.29, 0.717) is 23.0 Å². The van der Waals surface area contributed by atoms with E-state index in [1.54, 1.807) is 0 Å². The van der Waals surface area contributed by atoms with E-state index in [9.17, 15) is 9.59 Å². The van der Waals surface area contributed by atoms with Gasteiger partial charge in [0, 0.05) is 18.3 Å². The van der Waals surface area contributed by atoms with Gasteiger partial charge in [-0.2, -0.15) is 12.6 Å². The van der Waals surface area contributed by atoms with Crippen molar-refractivity contribution < 1.29 is 14.3 Å². The lowest BCUT2D eigenvalue weighted by Gasteiger charge is -2.53. The lowest BCUT2D eigenvalue weighted by molar-refractivity contribution is -0.135. The summed E-state index contributed by atoms with van der Waals surface area (Å²) in [5.74, 6) is 1.91. The maximum absolute atomic E-state index is 13.3. The lowest BCUT2D eigenvalue weighted by Crippen LogP contribution is -2.62. The fourth-order valence-electron chi connectivity index (χ4n) is 6.40. The summed E-state index contributed by atoms with van der Waals surface area (Å²) in [6.45, 7) is 7.49. The Hall–Kier alpha value is -0.910. The second kappa shape index (κ2) is 6.85. The number of rotatable bonds is 3. The van der Waals surface area contributed by atoms with Gasteiger partial charge in [0.2, 0.25) is 5.91 Å². The first-order chi connectivity index (χ1) is 12.7. The number of likely N-dealkylation sites (tertiary alicyclic amines) is 1. The topological polar surface area (TPSA) is 49.9 Å². The Morgan fingerprint density at radius 3 is 2.48 bits per heavy atom. The molecule has 6 heteroatoms. The van der Waals surface area contributed by atoms with E-state index in [-0.39, 0.29) is 24.1 Å². The second-order valence-corrected chi connectivity index (χ2v) is 11.0. The first kappa shape index (κ1) is 19.4. The molecule has 1 saturated heterocycles. The van der Waals surface area contributed by atoms with Crippen LogP contribution in [0.15, 0.2) is 0 Å². The normalized spacial score (nSPS) is 37.6. The van der Waals surface area contributed by atoms with Gasteiger partial charge in [-0.15, -0.1) is 0 Å². The average molecular weight is 395 g/mol. The van der Waals surface area contributed by atoms with Crippen LogP contribution in [0.3, 0.4) is 0 Å². The van der Waals surface area contributed by atoms with Gasteiger partial charge in [-0.05, 0) is 83.5 Å². The summed E-state index contributed by atoms with van der Waals surface area (Å²) in [6, 6.07) is 0. The van der Waals surface area contributed by atoms with Crippen LogP contribution in [0.2, 0.25) is 0 Å². The maximum atomic E-state index is 13.3. The van der Waals surface area contributed by atoms with Crippen molar-refractivity contribution >= 4 is 24.6 Å². The monoisotopic (exact) mass is 394 g/mol.